The minimum Gasteiger partial charge on any atom is -0.354 e. The third kappa shape index (κ3) is 6.03. The molecule has 0 unspecified atom stereocenters. The maximum Gasteiger partial charge on any atom is 0.265 e. The normalized spacial score (nSPS) is 14.6. The summed E-state index contributed by atoms with van der Waals surface area (Å²) in [7, 11) is -3.72. The summed E-state index contributed by atoms with van der Waals surface area (Å²) < 4.78 is 28.0. The van der Waals surface area contributed by atoms with Gasteiger partial charge in [-0.05, 0) is 48.4 Å². The standard InChI is InChI=1S/C29H33Cl2N3O4S/c1-4-24(29(36)32-17-19(2)3)33(18-21-22(30)11-7-12-23(21)31)27(35)15-8-16-34-25-13-5-9-20-10-6-14-26(28(20)25)39(34,37)38/h5-7,9-14,19,24H,4,8,15-18H2,1-3H3,(H,32,36)/t24-/m0/s1. The summed E-state index contributed by atoms with van der Waals surface area (Å²) in [6, 6.07) is 15.1. The van der Waals surface area contributed by atoms with E-state index in [1.807, 2.05) is 39.0 Å². The third-order valence-corrected chi connectivity index (χ3v) is 9.46. The Hall–Kier alpha value is -2.81. The summed E-state index contributed by atoms with van der Waals surface area (Å²) in [6.45, 7) is 6.54. The van der Waals surface area contributed by atoms with Gasteiger partial charge < -0.3 is 10.2 Å². The van der Waals surface area contributed by atoms with Crippen LogP contribution in [0, 0.1) is 5.92 Å². The van der Waals surface area contributed by atoms with Crippen molar-refractivity contribution in [3.05, 3.63) is 70.2 Å². The largest absolute Gasteiger partial charge is 0.354 e. The van der Waals surface area contributed by atoms with Gasteiger partial charge >= 0.3 is 0 Å². The second-order valence-electron chi connectivity index (χ2n) is 10.1. The minimum absolute atomic E-state index is 0.0500. The third-order valence-electron chi connectivity index (χ3n) is 6.89. The van der Waals surface area contributed by atoms with E-state index in [2.05, 4.69) is 5.32 Å². The summed E-state index contributed by atoms with van der Waals surface area (Å²) in [4.78, 5) is 28.6. The zero-order valence-electron chi connectivity index (χ0n) is 22.3. The molecule has 1 aliphatic rings. The molecule has 10 heteroatoms. The molecule has 0 aromatic heterocycles. The van der Waals surface area contributed by atoms with Gasteiger partial charge in [-0.3, -0.25) is 13.9 Å². The van der Waals surface area contributed by atoms with Gasteiger partial charge in [-0.15, -0.1) is 0 Å². The molecular formula is C29H33Cl2N3O4S. The fourth-order valence-corrected chi connectivity index (χ4v) is 7.18. The Kier molecular flexibility index (Phi) is 9.09. The van der Waals surface area contributed by atoms with Crippen LogP contribution in [0.25, 0.3) is 10.8 Å². The number of nitrogens with zero attached hydrogens (tertiary/aromatic N) is 2. The van der Waals surface area contributed by atoms with Crippen LogP contribution in [0.4, 0.5) is 5.69 Å². The number of amides is 2. The first kappa shape index (κ1) is 29.2. The molecule has 1 N–H and O–H groups in total. The molecule has 0 saturated heterocycles. The SMILES string of the molecule is CC[C@@H](C(=O)NCC(C)C)N(Cc1c(Cl)cccc1Cl)C(=O)CCCN1c2cccc3cccc(c23)S1(=O)=O. The molecule has 1 aliphatic heterocycles. The van der Waals surface area contributed by atoms with Crippen LogP contribution >= 0.6 is 23.2 Å². The summed E-state index contributed by atoms with van der Waals surface area (Å²) in [5.41, 5.74) is 1.18. The second kappa shape index (κ2) is 12.1. The second-order valence-corrected chi connectivity index (χ2v) is 12.7. The number of carbonyl (C=O) groups excluding carboxylic acids is 2. The van der Waals surface area contributed by atoms with E-state index in [-0.39, 0.29) is 48.6 Å². The van der Waals surface area contributed by atoms with Crippen molar-refractivity contribution in [2.24, 2.45) is 5.92 Å². The number of hydrogen-bond acceptors (Lipinski definition) is 4. The number of anilines is 1. The highest BCUT2D eigenvalue weighted by Crippen LogP contribution is 2.42. The number of sulfonamides is 1. The predicted octanol–water partition coefficient (Wildman–Crippen LogP) is 6.02. The fourth-order valence-electron chi connectivity index (χ4n) is 4.91. The maximum absolute atomic E-state index is 13.6. The molecule has 0 bridgehead atoms. The first-order valence-electron chi connectivity index (χ1n) is 13.1. The smallest absolute Gasteiger partial charge is 0.265 e. The molecule has 208 valence electrons. The molecule has 7 nitrogen and oxygen atoms in total. The van der Waals surface area contributed by atoms with E-state index in [9.17, 15) is 18.0 Å². The number of rotatable bonds is 11. The van der Waals surface area contributed by atoms with Gasteiger partial charge in [0.05, 0.1) is 10.6 Å². The molecule has 3 aromatic carbocycles. The van der Waals surface area contributed by atoms with Gasteiger partial charge in [0.15, 0.2) is 0 Å². The summed E-state index contributed by atoms with van der Waals surface area (Å²) in [5.74, 6) is -0.263. The number of hydrogen-bond donors (Lipinski definition) is 1. The van der Waals surface area contributed by atoms with E-state index in [0.29, 0.717) is 39.6 Å². The first-order chi connectivity index (χ1) is 18.6. The number of benzene rings is 3. The number of nitrogens with one attached hydrogen (secondary N) is 1. The lowest BCUT2D eigenvalue weighted by molar-refractivity contribution is -0.141. The van der Waals surface area contributed by atoms with E-state index in [1.165, 1.54) is 9.21 Å². The van der Waals surface area contributed by atoms with Crippen molar-refractivity contribution in [1.82, 2.24) is 10.2 Å². The zero-order valence-corrected chi connectivity index (χ0v) is 24.6. The summed E-state index contributed by atoms with van der Waals surface area (Å²) in [5, 5.41) is 5.31. The molecule has 1 heterocycles. The minimum atomic E-state index is -3.72. The average Bonchev–Trinajstić information content (AvgIpc) is 3.12. The van der Waals surface area contributed by atoms with Crippen molar-refractivity contribution in [3.63, 3.8) is 0 Å². The number of carbonyl (C=O) groups is 2. The fraction of sp³-hybridized carbons (Fsp3) is 0.379. The highest BCUT2D eigenvalue weighted by Gasteiger charge is 2.36. The summed E-state index contributed by atoms with van der Waals surface area (Å²) >= 11 is 12.8. The average molecular weight is 591 g/mol. The first-order valence-corrected chi connectivity index (χ1v) is 15.3. The lowest BCUT2D eigenvalue weighted by atomic mass is 10.1. The van der Waals surface area contributed by atoms with Crippen LogP contribution in [0.15, 0.2) is 59.5 Å². The Morgan fingerprint density at radius 2 is 1.64 bits per heavy atom. The topological polar surface area (TPSA) is 86.8 Å². The van der Waals surface area contributed by atoms with Gasteiger partial charge in [-0.2, -0.15) is 0 Å². The molecule has 0 spiro atoms. The monoisotopic (exact) mass is 589 g/mol. The predicted molar refractivity (Wildman–Crippen MR) is 157 cm³/mol. The molecule has 0 saturated carbocycles. The molecule has 4 rings (SSSR count). The quantitative estimate of drug-likeness (QED) is 0.296. The van der Waals surface area contributed by atoms with Gasteiger partial charge in [0.1, 0.15) is 6.04 Å². The van der Waals surface area contributed by atoms with Gasteiger partial charge in [-0.1, -0.05) is 74.3 Å². The Morgan fingerprint density at radius 3 is 2.28 bits per heavy atom. The van der Waals surface area contributed by atoms with E-state index >= 15 is 0 Å². The molecule has 0 fully saturated rings. The lowest BCUT2D eigenvalue weighted by Gasteiger charge is -2.31. The molecule has 39 heavy (non-hydrogen) atoms. The Balaban J connectivity index is 1.54. The Morgan fingerprint density at radius 1 is 1.00 bits per heavy atom. The van der Waals surface area contributed by atoms with E-state index in [0.717, 1.165) is 5.39 Å². The van der Waals surface area contributed by atoms with Crippen LogP contribution in [0.3, 0.4) is 0 Å². The zero-order chi connectivity index (χ0) is 28.3. The van der Waals surface area contributed by atoms with Crippen LogP contribution in [0.5, 0.6) is 0 Å². The van der Waals surface area contributed by atoms with Crippen molar-refractivity contribution >= 4 is 61.5 Å². The van der Waals surface area contributed by atoms with Crippen LogP contribution < -0.4 is 9.62 Å². The van der Waals surface area contributed by atoms with Gasteiger partial charge in [-0.25, -0.2) is 8.42 Å². The molecule has 3 aromatic rings. The van der Waals surface area contributed by atoms with Gasteiger partial charge in [0.25, 0.3) is 10.0 Å². The van der Waals surface area contributed by atoms with Gasteiger partial charge in [0.2, 0.25) is 11.8 Å². The van der Waals surface area contributed by atoms with Crippen molar-refractivity contribution in [2.75, 3.05) is 17.4 Å². The van der Waals surface area contributed by atoms with Crippen molar-refractivity contribution in [2.45, 2.75) is 57.5 Å². The van der Waals surface area contributed by atoms with Crippen molar-refractivity contribution < 1.29 is 18.0 Å². The van der Waals surface area contributed by atoms with Crippen molar-refractivity contribution in [3.8, 4) is 0 Å². The lowest BCUT2D eigenvalue weighted by Crippen LogP contribution is -2.49. The van der Waals surface area contributed by atoms with Gasteiger partial charge in [0, 0.05) is 47.1 Å². The highest BCUT2D eigenvalue weighted by molar-refractivity contribution is 7.93. The van der Waals surface area contributed by atoms with Crippen LogP contribution in [0.1, 0.15) is 45.6 Å². The van der Waals surface area contributed by atoms with Crippen LogP contribution in [-0.2, 0) is 26.2 Å². The molecular weight excluding hydrogens is 557 g/mol. The van der Waals surface area contributed by atoms with E-state index in [4.69, 9.17) is 23.2 Å². The summed E-state index contributed by atoms with van der Waals surface area (Å²) in [6.07, 6.45) is 0.725. The van der Waals surface area contributed by atoms with Crippen LogP contribution in [-0.4, -0.2) is 44.3 Å². The molecule has 1 atom stereocenters. The Bertz CT molecular complexity index is 1470. The number of halogens is 2. The molecule has 0 aliphatic carbocycles. The van der Waals surface area contributed by atoms with Crippen molar-refractivity contribution in [1.29, 1.82) is 0 Å². The maximum atomic E-state index is 13.6. The van der Waals surface area contributed by atoms with Crippen LogP contribution in [0.2, 0.25) is 10.0 Å². The Labute approximate surface area is 240 Å². The van der Waals surface area contributed by atoms with E-state index in [1.54, 1.807) is 36.4 Å². The molecule has 0 radical (unpaired) electrons. The van der Waals surface area contributed by atoms with E-state index < -0.39 is 16.1 Å². The molecule has 2 amide bonds. The highest BCUT2D eigenvalue weighted by atomic mass is 35.5.